The van der Waals surface area contributed by atoms with Crippen molar-refractivity contribution in [2.75, 3.05) is 6.61 Å². The average molecular weight is 276 g/mol. The molecule has 2 rings (SSSR count). The summed E-state index contributed by atoms with van der Waals surface area (Å²) in [6.07, 6.45) is 0.978. The molecular formula is C11H16O6S. The van der Waals surface area contributed by atoms with Crippen LogP contribution in [0.3, 0.4) is 0 Å². The smallest absolute Gasteiger partial charge is 0.302 e. The molecule has 0 aromatic carbocycles. The van der Waals surface area contributed by atoms with E-state index in [9.17, 15) is 18.7 Å². The zero-order valence-corrected chi connectivity index (χ0v) is 10.8. The van der Waals surface area contributed by atoms with Gasteiger partial charge in [0.25, 0.3) is 0 Å². The summed E-state index contributed by atoms with van der Waals surface area (Å²) in [5, 5.41) is 9.28. The molecule has 2 bridgehead atoms. The molecule has 2 heterocycles. The van der Waals surface area contributed by atoms with E-state index in [-0.39, 0.29) is 19.4 Å². The maximum absolute atomic E-state index is 11.3. The van der Waals surface area contributed by atoms with Gasteiger partial charge in [0.15, 0.2) is 11.1 Å². The Morgan fingerprint density at radius 2 is 2.33 bits per heavy atom. The third kappa shape index (κ3) is 1.91. The first-order chi connectivity index (χ1) is 8.35. The van der Waals surface area contributed by atoms with Crippen molar-refractivity contribution in [1.82, 2.24) is 0 Å². The van der Waals surface area contributed by atoms with E-state index in [0.717, 1.165) is 0 Å². The van der Waals surface area contributed by atoms with Crippen LogP contribution in [0, 0.1) is 0 Å². The number of esters is 1. The number of hydrogen-bond donors (Lipinski definition) is 2. The van der Waals surface area contributed by atoms with Gasteiger partial charge in [-0.2, -0.15) is 0 Å². The quantitative estimate of drug-likeness (QED) is 0.426. The predicted molar refractivity (Wildman–Crippen MR) is 63.2 cm³/mol. The van der Waals surface area contributed by atoms with Gasteiger partial charge in [-0.1, -0.05) is 6.08 Å². The normalized spacial score (nSPS) is 43.7. The molecule has 18 heavy (non-hydrogen) atoms. The Labute approximate surface area is 107 Å². The molecule has 0 amide bonds. The maximum atomic E-state index is 11.3. The molecule has 5 unspecified atom stereocenters. The fourth-order valence-corrected chi connectivity index (χ4v) is 3.88. The Morgan fingerprint density at radius 1 is 1.67 bits per heavy atom. The largest absolute Gasteiger partial charge is 0.463 e. The third-order valence-electron chi connectivity index (χ3n) is 3.64. The fraction of sp³-hybridized carbons (Fsp3) is 0.727. The van der Waals surface area contributed by atoms with Crippen LogP contribution in [-0.2, 0) is 25.3 Å². The molecular weight excluding hydrogens is 260 g/mol. The zero-order chi connectivity index (χ0) is 13.6. The summed E-state index contributed by atoms with van der Waals surface area (Å²) in [6, 6.07) is 0. The molecule has 0 radical (unpaired) electrons. The van der Waals surface area contributed by atoms with Gasteiger partial charge in [0.2, 0.25) is 0 Å². The Morgan fingerprint density at radius 3 is 2.78 bits per heavy atom. The van der Waals surface area contributed by atoms with Crippen molar-refractivity contribution in [3.8, 4) is 0 Å². The van der Waals surface area contributed by atoms with Gasteiger partial charge in [-0.05, 0) is 6.42 Å². The first kappa shape index (κ1) is 13.7. The van der Waals surface area contributed by atoms with E-state index < -0.39 is 39.6 Å². The van der Waals surface area contributed by atoms with Crippen molar-refractivity contribution >= 4 is 17.0 Å². The van der Waals surface area contributed by atoms with Crippen LogP contribution in [0.15, 0.2) is 12.7 Å². The molecule has 5 atom stereocenters. The lowest BCUT2D eigenvalue weighted by Crippen LogP contribution is -2.49. The van der Waals surface area contributed by atoms with E-state index in [1.54, 1.807) is 0 Å². The molecule has 0 aromatic heterocycles. The number of carbonyl (C=O) groups is 1. The van der Waals surface area contributed by atoms with Crippen LogP contribution in [0.2, 0.25) is 0 Å². The monoisotopic (exact) mass is 276 g/mol. The number of hydrogen-bond acceptors (Lipinski definition) is 5. The summed E-state index contributed by atoms with van der Waals surface area (Å²) in [4.78, 5) is 10.8. The second-order valence-electron chi connectivity index (χ2n) is 4.81. The first-order valence-electron chi connectivity index (χ1n) is 5.60. The van der Waals surface area contributed by atoms with E-state index in [1.165, 1.54) is 13.0 Å². The van der Waals surface area contributed by atoms with Crippen LogP contribution in [0.4, 0.5) is 0 Å². The first-order valence-corrected chi connectivity index (χ1v) is 6.77. The Bertz CT molecular complexity index is 410. The van der Waals surface area contributed by atoms with Crippen LogP contribution >= 0.6 is 0 Å². The van der Waals surface area contributed by atoms with E-state index in [1.807, 2.05) is 0 Å². The summed E-state index contributed by atoms with van der Waals surface area (Å²) in [7, 11) is 0. The predicted octanol–water partition coefficient (Wildman–Crippen LogP) is -0.0117. The standard InChI is InChI=1S/C11H16O6S/c1-3-11-8(13)4-10(17-11,6-16-7(2)12)5-9(11)18(14)15/h3,8-9,13H,1,4-6H2,2H3,(H,14,15). The molecule has 0 saturated carbocycles. The van der Waals surface area contributed by atoms with Gasteiger partial charge in [-0.3, -0.25) is 4.79 Å². The van der Waals surface area contributed by atoms with Crippen molar-refractivity contribution in [3.05, 3.63) is 12.7 Å². The van der Waals surface area contributed by atoms with Crippen molar-refractivity contribution in [2.24, 2.45) is 0 Å². The third-order valence-corrected chi connectivity index (χ3v) is 4.66. The van der Waals surface area contributed by atoms with Gasteiger partial charge in [0.1, 0.15) is 17.8 Å². The molecule has 2 fully saturated rings. The highest BCUT2D eigenvalue weighted by molar-refractivity contribution is 7.80. The minimum Gasteiger partial charge on any atom is -0.463 e. The second kappa shape index (κ2) is 4.41. The number of rotatable bonds is 4. The lowest BCUT2D eigenvalue weighted by Gasteiger charge is -2.31. The van der Waals surface area contributed by atoms with Crippen LogP contribution < -0.4 is 0 Å². The van der Waals surface area contributed by atoms with Crippen molar-refractivity contribution in [1.29, 1.82) is 0 Å². The second-order valence-corrected chi connectivity index (χ2v) is 5.93. The van der Waals surface area contributed by atoms with E-state index in [4.69, 9.17) is 9.47 Å². The van der Waals surface area contributed by atoms with Crippen LogP contribution in [0.1, 0.15) is 19.8 Å². The number of aliphatic hydroxyl groups excluding tert-OH is 1. The Kier molecular flexibility index (Phi) is 3.35. The fourth-order valence-electron chi connectivity index (χ4n) is 2.82. The van der Waals surface area contributed by atoms with Gasteiger partial charge in [0, 0.05) is 13.3 Å². The topological polar surface area (TPSA) is 93.1 Å². The van der Waals surface area contributed by atoms with Gasteiger partial charge in [-0.15, -0.1) is 6.58 Å². The van der Waals surface area contributed by atoms with Crippen LogP contribution in [0.25, 0.3) is 0 Å². The summed E-state index contributed by atoms with van der Waals surface area (Å²) >= 11 is -2.14. The molecule has 2 saturated heterocycles. The van der Waals surface area contributed by atoms with Crippen molar-refractivity contribution in [2.45, 2.75) is 42.3 Å². The molecule has 102 valence electrons. The number of fused-ring (bicyclic) bond motifs is 2. The van der Waals surface area contributed by atoms with E-state index >= 15 is 0 Å². The number of carbonyl (C=O) groups excluding carboxylic acids is 1. The number of aliphatic hydroxyl groups is 1. The van der Waals surface area contributed by atoms with Gasteiger partial charge in [0.05, 0.1) is 11.4 Å². The van der Waals surface area contributed by atoms with E-state index in [2.05, 4.69) is 6.58 Å². The maximum Gasteiger partial charge on any atom is 0.302 e. The highest BCUT2D eigenvalue weighted by Gasteiger charge is 2.67. The number of ether oxygens (including phenoxy) is 2. The van der Waals surface area contributed by atoms with Crippen LogP contribution in [-0.4, -0.2) is 49.0 Å². The van der Waals surface area contributed by atoms with Gasteiger partial charge < -0.3 is 19.1 Å². The average Bonchev–Trinajstić information content (AvgIpc) is 2.77. The van der Waals surface area contributed by atoms with Gasteiger partial charge >= 0.3 is 5.97 Å². The molecule has 2 N–H and O–H groups in total. The molecule has 6 nitrogen and oxygen atoms in total. The lowest BCUT2D eigenvalue weighted by molar-refractivity contribution is -0.150. The summed E-state index contributed by atoms with van der Waals surface area (Å²) < 4.78 is 31.3. The molecule has 7 heteroatoms. The highest BCUT2D eigenvalue weighted by Crippen LogP contribution is 2.53. The SMILES string of the molecule is C=CC12OC(COC(C)=O)(CC1O)CC2S(=O)O. The molecule has 0 spiro atoms. The minimum absolute atomic E-state index is 0.0251. The Balaban J connectivity index is 2.25. The van der Waals surface area contributed by atoms with Crippen molar-refractivity contribution in [3.63, 3.8) is 0 Å². The van der Waals surface area contributed by atoms with Gasteiger partial charge in [-0.25, -0.2) is 4.21 Å². The summed E-state index contributed by atoms with van der Waals surface area (Å²) in [5.41, 5.74) is -2.11. The Hall–Kier alpha value is -0.760. The molecule has 0 aromatic rings. The zero-order valence-electron chi connectivity index (χ0n) is 10.00. The van der Waals surface area contributed by atoms with Crippen molar-refractivity contribution < 1.29 is 28.1 Å². The summed E-state index contributed by atoms with van der Waals surface area (Å²) in [6.45, 7) is 4.84. The minimum atomic E-state index is -2.14. The summed E-state index contributed by atoms with van der Waals surface area (Å²) in [5.74, 6) is -0.452. The van der Waals surface area contributed by atoms with Crippen LogP contribution in [0.5, 0.6) is 0 Å². The van der Waals surface area contributed by atoms with E-state index in [0.29, 0.717) is 0 Å². The molecule has 0 aliphatic carbocycles. The molecule has 2 aliphatic heterocycles. The molecule has 2 aliphatic rings. The highest BCUT2D eigenvalue weighted by atomic mass is 32.2. The lowest BCUT2D eigenvalue weighted by atomic mass is 9.80.